The van der Waals surface area contributed by atoms with E-state index in [-0.39, 0.29) is 5.69 Å². The van der Waals surface area contributed by atoms with Gasteiger partial charge in [-0.3, -0.25) is 14.2 Å². The number of amides is 1. The highest BCUT2D eigenvalue weighted by Crippen LogP contribution is 2.35. The molecule has 0 aliphatic rings. The lowest BCUT2D eigenvalue weighted by Gasteiger charge is -2.23. The van der Waals surface area contributed by atoms with Gasteiger partial charge < -0.3 is 10.4 Å². The van der Waals surface area contributed by atoms with E-state index in [1.165, 1.54) is 40.8 Å². The van der Waals surface area contributed by atoms with Crippen molar-refractivity contribution >= 4 is 17.6 Å². The molecule has 11 heteroatoms. The maximum absolute atomic E-state index is 13.5. The second-order valence-corrected chi connectivity index (χ2v) is 7.48. The summed E-state index contributed by atoms with van der Waals surface area (Å²) in [6.45, 7) is 7.39. The number of alkyl halides is 3. The van der Waals surface area contributed by atoms with Crippen molar-refractivity contribution in [2.75, 3.05) is 5.32 Å². The van der Waals surface area contributed by atoms with Gasteiger partial charge in [-0.25, -0.2) is 4.79 Å². The van der Waals surface area contributed by atoms with Crippen LogP contribution in [0.2, 0.25) is 0 Å². The molecule has 8 nitrogen and oxygen atoms in total. The molecular weight excluding hydrogens is 367 g/mol. The Bertz CT molecular complexity index is 875. The number of anilines is 1. The zero-order valence-electron chi connectivity index (χ0n) is 15.4. The van der Waals surface area contributed by atoms with Crippen molar-refractivity contribution in [2.24, 2.45) is 0 Å². The summed E-state index contributed by atoms with van der Waals surface area (Å²) in [6, 6.07) is 0. The standard InChI is InChI=1S/C16H20F3N5O3/c1-14(2,3)24-11(16(17,18)19)10(7-21-24)12(25)22-9-6-20-23(8-9)15(4,5)13(26)27/h6-8H,1-5H3,(H,22,25)(H,26,27). The summed E-state index contributed by atoms with van der Waals surface area (Å²) in [6.07, 6.45) is -1.54. The van der Waals surface area contributed by atoms with E-state index in [0.717, 1.165) is 21.8 Å². The first-order valence-corrected chi connectivity index (χ1v) is 7.91. The molecule has 0 saturated carbocycles. The quantitative estimate of drug-likeness (QED) is 0.840. The number of rotatable bonds is 4. The van der Waals surface area contributed by atoms with Gasteiger partial charge in [0, 0.05) is 6.20 Å². The summed E-state index contributed by atoms with van der Waals surface area (Å²) in [4.78, 5) is 23.6. The fourth-order valence-electron chi connectivity index (χ4n) is 2.29. The van der Waals surface area contributed by atoms with Gasteiger partial charge in [0.15, 0.2) is 11.2 Å². The number of halogens is 3. The van der Waals surface area contributed by atoms with Crippen LogP contribution in [0, 0.1) is 0 Å². The van der Waals surface area contributed by atoms with Crippen LogP contribution in [-0.4, -0.2) is 36.5 Å². The van der Waals surface area contributed by atoms with Crippen molar-refractivity contribution in [1.29, 1.82) is 0 Å². The van der Waals surface area contributed by atoms with Gasteiger partial charge in [-0.1, -0.05) is 0 Å². The summed E-state index contributed by atoms with van der Waals surface area (Å²) < 4.78 is 42.3. The first kappa shape index (κ1) is 20.5. The van der Waals surface area contributed by atoms with Gasteiger partial charge in [0.05, 0.1) is 29.2 Å². The van der Waals surface area contributed by atoms with E-state index in [1.54, 1.807) is 0 Å². The van der Waals surface area contributed by atoms with E-state index in [0.29, 0.717) is 0 Å². The van der Waals surface area contributed by atoms with E-state index < -0.39 is 40.4 Å². The SMILES string of the molecule is CC(C)(C)n1ncc(C(=O)Nc2cnn(C(C)(C)C(=O)O)c2)c1C(F)(F)F. The number of carboxylic acids is 1. The van der Waals surface area contributed by atoms with Crippen LogP contribution >= 0.6 is 0 Å². The van der Waals surface area contributed by atoms with Crippen LogP contribution in [0.3, 0.4) is 0 Å². The fourth-order valence-corrected chi connectivity index (χ4v) is 2.29. The number of carbonyl (C=O) groups excluding carboxylic acids is 1. The number of hydrogen-bond acceptors (Lipinski definition) is 4. The van der Waals surface area contributed by atoms with Gasteiger partial charge in [0.25, 0.3) is 5.91 Å². The lowest BCUT2D eigenvalue weighted by Crippen LogP contribution is -2.35. The second-order valence-electron chi connectivity index (χ2n) is 7.48. The largest absolute Gasteiger partial charge is 0.479 e. The van der Waals surface area contributed by atoms with Crippen LogP contribution in [0.1, 0.15) is 50.7 Å². The van der Waals surface area contributed by atoms with Crippen LogP contribution in [0.25, 0.3) is 0 Å². The molecule has 0 bridgehead atoms. The lowest BCUT2D eigenvalue weighted by molar-refractivity contribution is -0.147. The third-order valence-corrected chi connectivity index (χ3v) is 3.85. The maximum Gasteiger partial charge on any atom is 0.433 e. The van der Waals surface area contributed by atoms with Crippen LogP contribution in [0.5, 0.6) is 0 Å². The smallest absolute Gasteiger partial charge is 0.433 e. The molecule has 2 rings (SSSR count). The number of carboxylic acid groups (broad SMARTS) is 1. The number of hydrogen-bond donors (Lipinski definition) is 2. The fraction of sp³-hybridized carbons (Fsp3) is 0.500. The molecule has 2 heterocycles. The number of nitrogens with zero attached hydrogens (tertiary/aromatic N) is 4. The highest BCUT2D eigenvalue weighted by molar-refractivity contribution is 6.05. The molecule has 0 fully saturated rings. The Hall–Kier alpha value is -2.85. The molecule has 27 heavy (non-hydrogen) atoms. The van der Waals surface area contributed by atoms with E-state index in [1.807, 2.05) is 0 Å². The summed E-state index contributed by atoms with van der Waals surface area (Å²) in [5.74, 6) is -2.18. The predicted octanol–water partition coefficient (Wildman–Crippen LogP) is 2.93. The molecule has 148 valence electrons. The first-order valence-electron chi connectivity index (χ1n) is 7.91. The van der Waals surface area contributed by atoms with E-state index in [4.69, 9.17) is 0 Å². The molecular formula is C16H20F3N5O3. The summed E-state index contributed by atoms with van der Waals surface area (Å²) in [7, 11) is 0. The minimum absolute atomic E-state index is 0.0611. The second kappa shape index (κ2) is 6.39. The Morgan fingerprint density at radius 3 is 2.15 bits per heavy atom. The van der Waals surface area contributed by atoms with Crippen LogP contribution in [0.15, 0.2) is 18.6 Å². The average Bonchev–Trinajstić information content (AvgIpc) is 3.12. The Labute approximate surface area is 153 Å². The van der Waals surface area contributed by atoms with Crippen molar-refractivity contribution in [2.45, 2.75) is 51.9 Å². The van der Waals surface area contributed by atoms with Gasteiger partial charge >= 0.3 is 12.1 Å². The Morgan fingerprint density at radius 2 is 1.67 bits per heavy atom. The number of aromatic nitrogens is 4. The van der Waals surface area contributed by atoms with Gasteiger partial charge in [0.2, 0.25) is 0 Å². The van der Waals surface area contributed by atoms with Gasteiger partial charge in [-0.15, -0.1) is 0 Å². The van der Waals surface area contributed by atoms with Gasteiger partial charge in [0.1, 0.15) is 0 Å². The Balaban J connectivity index is 2.37. The van der Waals surface area contributed by atoms with Crippen molar-refractivity contribution < 1.29 is 27.9 Å². The van der Waals surface area contributed by atoms with Crippen LogP contribution in [0.4, 0.5) is 18.9 Å². The molecule has 0 atom stereocenters. The molecule has 0 radical (unpaired) electrons. The van der Waals surface area contributed by atoms with Crippen molar-refractivity contribution in [3.05, 3.63) is 29.8 Å². The molecule has 2 aromatic heterocycles. The molecule has 2 N–H and O–H groups in total. The molecule has 0 aromatic carbocycles. The topological polar surface area (TPSA) is 102 Å². The monoisotopic (exact) mass is 387 g/mol. The van der Waals surface area contributed by atoms with Crippen LogP contribution in [-0.2, 0) is 22.0 Å². The molecule has 0 aliphatic heterocycles. The number of carbonyl (C=O) groups is 2. The number of aliphatic carboxylic acids is 1. The van der Waals surface area contributed by atoms with Crippen molar-refractivity contribution in [3.63, 3.8) is 0 Å². The molecule has 0 unspecified atom stereocenters. The van der Waals surface area contributed by atoms with Crippen molar-refractivity contribution in [3.8, 4) is 0 Å². The molecule has 0 saturated heterocycles. The third-order valence-electron chi connectivity index (χ3n) is 3.85. The number of nitrogens with one attached hydrogen (secondary N) is 1. The first-order chi connectivity index (χ1) is 12.2. The predicted molar refractivity (Wildman–Crippen MR) is 89.4 cm³/mol. The highest BCUT2D eigenvalue weighted by atomic mass is 19.4. The zero-order valence-corrected chi connectivity index (χ0v) is 15.4. The summed E-state index contributed by atoms with van der Waals surface area (Å²) in [5, 5.41) is 19.1. The molecule has 1 amide bonds. The Morgan fingerprint density at radius 1 is 1.07 bits per heavy atom. The van der Waals surface area contributed by atoms with Crippen LogP contribution < -0.4 is 5.32 Å². The zero-order chi connectivity index (χ0) is 20.8. The third kappa shape index (κ3) is 3.96. The van der Waals surface area contributed by atoms with E-state index in [2.05, 4.69) is 15.5 Å². The van der Waals surface area contributed by atoms with Crippen molar-refractivity contribution in [1.82, 2.24) is 19.6 Å². The highest BCUT2D eigenvalue weighted by Gasteiger charge is 2.42. The normalized spacial score (nSPS) is 12.9. The molecule has 2 aromatic rings. The maximum atomic E-state index is 13.5. The molecule has 0 aliphatic carbocycles. The molecule has 0 spiro atoms. The minimum atomic E-state index is -4.79. The van der Waals surface area contributed by atoms with Gasteiger partial charge in [-0.2, -0.15) is 23.4 Å². The average molecular weight is 387 g/mol. The summed E-state index contributed by atoms with van der Waals surface area (Å²) in [5.41, 5.74) is -4.11. The van der Waals surface area contributed by atoms with E-state index >= 15 is 0 Å². The Kier molecular flexibility index (Phi) is 4.84. The van der Waals surface area contributed by atoms with Gasteiger partial charge in [-0.05, 0) is 34.6 Å². The lowest BCUT2D eigenvalue weighted by atomic mass is 10.1. The minimum Gasteiger partial charge on any atom is -0.479 e. The van der Waals surface area contributed by atoms with E-state index in [9.17, 15) is 27.9 Å². The summed E-state index contributed by atoms with van der Waals surface area (Å²) >= 11 is 0.